The van der Waals surface area contributed by atoms with Gasteiger partial charge in [-0.05, 0) is 22.4 Å². The van der Waals surface area contributed by atoms with Gasteiger partial charge in [-0.25, -0.2) is 0 Å². The van der Waals surface area contributed by atoms with Crippen LogP contribution in [0, 0.1) is 0 Å². The van der Waals surface area contributed by atoms with Crippen LogP contribution in [-0.2, 0) is 10.2 Å². The molecule has 1 rings (SSSR count). The standard InChI is InChI=1S/C10H18N2O3S2/c1-3-12(4-2)17(14,15)11-7-10(13)9-5-6-16-8-9/h5-6,8,10-11,13H,3-4,7H2,1-2H3. The maximum atomic E-state index is 11.8. The Kier molecular flexibility index (Phi) is 5.54. The molecule has 0 aromatic carbocycles. The summed E-state index contributed by atoms with van der Waals surface area (Å²) in [6.45, 7) is 4.38. The fourth-order valence-electron chi connectivity index (χ4n) is 1.42. The summed E-state index contributed by atoms with van der Waals surface area (Å²) in [7, 11) is -3.48. The Hall–Kier alpha value is -0.470. The monoisotopic (exact) mass is 278 g/mol. The van der Waals surface area contributed by atoms with E-state index >= 15 is 0 Å². The SMILES string of the molecule is CCN(CC)S(=O)(=O)NCC(O)c1ccsc1. The first kappa shape index (κ1) is 14.6. The summed E-state index contributed by atoms with van der Waals surface area (Å²) < 4.78 is 27.3. The lowest BCUT2D eigenvalue weighted by Gasteiger charge is -2.20. The predicted molar refractivity (Wildman–Crippen MR) is 69.1 cm³/mol. The zero-order valence-corrected chi connectivity index (χ0v) is 11.6. The Bertz CT molecular complexity index is 413. The van der Waals surface area contributed by atoms with E-state index < -0.39 is 16.3 Å². The molecule has 5 nitrogen and oxygen atoms in total. The van der Waals surface area contributed by atoms with Crippen LogP contribution < -0.4 is 4.72 Å². The lowest BCUT2D eigenvalue weighted by molar-refractivity contribution is 0.181. The molecule has 0 radical (unpaired) electrons. The molecule has 0 fully saturated rings. The average molecular weight is 278 g/mol. The van der Waals surface area contributed by atoms with Crippen molar-refractivity contribution in [2.75, 3.05) is 19.6 Å². The molecule has 2 N–H and O–H groups in total. The third-order valence-corrected chi connectivity index (χ3v) is 4.86. The molecule has 17 heavy (non-hydrogen) atoms. The van der Waals surface area contributed by atoms with Crippen molar-refractivity contribution in [3.8, 4) is 0 Å². The number of nitrogens with zero attached hydrogens (tertiary/aromatic N) is 1. The van der Waals surface area contributed by atoms with Crippen LogP contribution in [0.5, 0.6) is 0 Å². The van der Waals surface area contributed by atoms with E-state index in [0.29, 0.717) is 13.1 Å². The summed E-state index contributed by atoms with van der Waals surface area (Å²) in [6.07, 6.45) is -0.799. The van der Waals surface area contributed by atoms with Gasteiger partial charge in [-0.2, -0.15) is 28.8 Å². The van der Waals surface area contributed by atoms with Crippen molar-refractivity contribution >= 4 is 21.5 Å². The number of rotatable bonds is 7. The first-order chi connectivity index (χ1) is 8.01. The van der Waals surface area contributed by atoms with Gasteiger partial charge in [0.05, 0.1) is 6.10 Å². The summed E-state index contributed by atoms with van der Waals surface area (Å²) in [5.74, 6) is 0. The number of nitrogens with one attached hydrogen (secondary N) is 1. The maximum absolute atomic E-state index is 11.8. The molecule has 0 bridgehead atoms. The van der Waals surface area contributed by atoms with Crippen molar-refractivity contribution in [3.63, 3.8) is 0 Å². The smallest absolute Gasteiger partial charge is 0.279 e. The minimum absolute atomic E-state index is 0.00440. The molecule has 0 spiro atoms. The number of hydrogen-bond acceptors (Lipinski definition) is 4. The van der Waals surface area contributed by atoms with Crippen molar-refractivity contribution in [1.82, 2.24) is 9.03 Å². The van der Waals surface area contributed by atoms with Crippen LogP contribution in [0.2, 0.25) is 0 Å². The maximum Gasteiger partial charge on any atom is 0.279 e. The van der Waals surface area contributed by atoms with Crippen molar-refractivity contribution in [1.29, 1.82) is 0 Å². The number of thiophene rings is 1. The molecule has 0 saturated heterocycles. The lowest BCUT2D eigenvalue weighted by atomic mass is 10.2. The van der Waals surface area contributed by atoms with Crippen LogP contribution in [0.15, 0.2) is 16.8 Å². The zero-order valence-electron chi connectivity index (χ0n) is 9.96. The normalized spacial score (nSPS) is 14.1. The van der Waals surface area contributed by atoms with Crippen LogP contribution >= 0.6 is 11.3 Å². The third kappa shape index (κ3) is 4.04. The van der Waals surface area contributed by atoms with Gasteiger partial charge in [-0.3, -0.25) is 0 Å². The molecule has 0 aliphatic heterocycles. The molecule has 0 amide bonds. The molecule has 1 atom stereocenters. The first-order valence-electron chi connectivity index (χ1n) is 5.46. The first-order valence-corrected chi connectivity index (χ1v) is 7.84. The highest BCUT2D eigenvalue weighted by molar-refractivity contribution is 7.87. The number of aliphatic hydroxyl groups is 1. The minimum Gasteiger partial charge on any atom is -0.387 e. The van der Waals surface area contributed by atoms with Crippen molar-refractivity contribution in [2.45, 2.75) is 20.0 Å². The molecule has 1 aromatic rings. The van der Waals surface area contributed by atoms with Gasteiger partial charge >= 0.3 is 0 Å². The number of hydrogen-bond donors (Lipinski definition) is 2. The molecule has 1 unspecified atom stereocenters. The van der Waals surface area contributed by atoms with E-state index in [-0.39, 0.29) is 6.54 Å². The Morgan fingerprint density at radius 1 is 1.47 bits per heavy atom. The highest BCUT2D eigenvalue weighted by Gasteiger charge is 2.19. The van der Waals surface area contributed by atoms with E-state index in [1.807, 2.05) is 5.38 Å². The molecule has 0 saturated carbocycles. The van der Waals surface area contributed by atoms with Crippen LogP contribution in [0.3, 0.4) is 0 Å². The minimum atomic E-state index is -3.48. The summed E-state index contributed by atoms with van der Waals surface area (Å²) in [6, 6.07) is 1.78. The van der Waals surface area contributed by atoms with Gasteiger partial charge in [0.1, 0.15) is 0 Å². The molecule has 7 heteroatoms. The highest BCUT2D eigenvalue weighted by Crippen LogP contribution is 2.15. The Morgan fingerprint density at radius 2 is 2.12 bits per heavy atom. The topological polar surface area (TPSA) is 69.6 Å². The van der Waals surface area contributed by atoms with Crippen molar-refractivity contribution in [2.24, 2.45) is 0 Å². The second kappa shape index (κ2) is 6.46. The second-order valence-corrected chi connectivity index (χ2v) is 6.05. The molecule has 1 aromatic heterocycles. The summed E-state index contributed by atoms with van der Waals surface area (Å²) in [4.78, 5) is 0. The fourth-order valence-corrected chi connectivity index (χ4v) is 3.36. The zero-order chi connectivity index (χ0) is 12.9. The number of aliphatic hydroxyl groups excluding tert-OH is 1. The van der Waals surface area contributed by atoms with Crippen molar-refractivity contribution in [3.05, 3.63) is 22.4 Å². The summed E-state index contributed by atoms with van der Waals surface area (Å²) in [5, 5.41) is 13.4. The summed E-state index contributed by atoms with van der Waals surface area (Å²) >= 11 is 1.47. The molecule has 0 aliphatic rings. The van der Waals surface area contributed by atoms with Gasteiger partial charge in [0.25, 0.3) is 10.2 Å². The Balaban J connectivity index is 2.55. The van der Waals surface area contributed by atoms with Gasteiger partial charge in [0, 0.05) is 19.6 Å². The lowest BCUT2D eigenvalue weighted by Crippen LogP contribution is -2.41. The fraction of sp³-hybridized carbons (Fsp3) is 0.600. The second-order valence-electron chi connectivity index (χ2n) is 3.51. The van der Waals surface area contributed by atoms with Crippen LogP contribution in [0.4, 0.5) is 0 Å². The third-order valence-electron chi connectivity index (χ3n) is 2.43. The van der Waals surface area contributed by atoms with E-state index in [9.17, 15) is 13.5 Å². The van der Waals surface area contributed by atoms with Gasteiger partial charge < -0.3 is 5.11 Å². The predicted octanol–water partition coefficient (Wildman–Crippen LogP) is 0.958. The highest BCUT2D eigenvalue weighted by atomic mass is 32.2. The molecular weight excluding hydrogens is 260 g/mol. The van der Waals surface area contributed by atoms with E-state index in [0.717, 1.165) is 5.56 Å². The largest absolute Gasteiger partial charge is 0.387 e. The molecule has 0 aliphatic carbocycles. The van der Waals surface area contributed by atoms with Gasteiger partial charge in [-0.1, -0.05) is 13.8 Å². The van der Waals surface area contributed by atoms with Crippen LogP contribution in [-0.4, -0.2) is 37.5 Å². The Morgan fingerprint density at radius 3 is 2.59 bits per heavy atom. The van der Waals surface area contributed by atoms with Crippen LogP contribution in [0.25, 0.3) is 0 Å². The van der Waals surface area contributed by atoms with Gasteiger partial charge in [-0.15, -0.1) is 0 Å². The molecule has 98 valence electrons. The molecule has 1 heterocycles. The molecular formula is C10H18N2O3S2. The average Bonchev–Trinajstić information content (AvgIpc) is 2.80. The quantitative estimate of drug-likeness (QED) is 0.780. The van der Waals surface area contributed by atoms with E-state index in [2.05, 4.69) is 4.72 Å². The van der Waals surface area contributed by atoms with E-state index in [1.54, 1.807) is 25.3 Å². The van der Waals surface area contributed by atoms with Crippen LogP contribution in [0.1, 0.15) is 25.5 Å². The van der Waals surface area contributed by atoms with Crippen molar-refractivity contribution < 1.29 is 13.5 Å². The van der Waals surface area contributed by atoms with E-state index in [4.69, 9.17) is 0 Å². The van der Waals surface area contributed by atoms with Gasteiger partial charge in [0.15, 0.2) is 0 Å². The van der Waals surface area contributed by atoms with Gasteiger partial charge in [0.2, 0.25) is 0 Å². The Labute approximate surface area is 106 Å². The summed E-state index contributed by atoms with van der Waals surface area (Å²) in [5.41, 5.74) is 0.734. The van der Waals surface area contributed by atoms with E-state index in [1.165, 1.54) is 15.6 Å².